The minimum atomic E-state index is -0.00626. The molecule has 1 fully saturated rings. The number of likely N-dealkylation sites (tertiary alicyclic amines) is 1. The van der Waals surface area contributed by atoms with Gasteiger partial charge in [-0.05, 0) is 67.7 Å². The fourth-order valence-electron chi connectivity index (χ4n) is 4.32. The van der Waals surface area contributed by atoms with Crippen molar-refractivity contribution in [2.75, 3.05) is 40.3 Å². The first-order valence-electron chi connectivity index (χ1n) is 11.4. The Balaban J connectivity index is 1.69. The molecule has 0 aliphatic carbocycles. The van der Waals surface area contributed by atoms with Crippen LogP contribution in [0.4, 0.5) is 0 Å². The van der Waals surface area contributed by atoms with Crippen LogP contribution in [0.5, 0.6) is 0 Å². The van der Waals surface area contributed by atoms with E-state index in [0.29, 0.717) is 11.6 Å². The smallest absolute Gasteiger partial charge is 0.254 e. The minimum absolute atomic E-state index is 0.00626. The fraction of sp³-hybridized carbons (Fsp3) is 0.462. The zero-order chi connectivity index (χ0) is 22.4. The van der Waals surface area contributed by atoms with Crippen molar-refractivity contribution in [3.05, 3.63) is 59.7 Å². The summed E-state index contributed by atoms with van der Waals surface area (Å²) in [5.41, 5.74) is 3.49. The molecular weight excluding hydrogens is 386 g/mol. The summed E-state index contributed by atoms with van der Waals surface area (Å²) in [4.78, 5) is 31.3. The lowest BCUT2D eigenvalue weighted by Gasteiger charge is -2.30. The van der Waals surface area contributed by atoms with E-state index in [0.717, 1.165) is 62.1 Å². The zero-order valence-corrected chi connectivity index (χ0v) is 19.3. The third-order valence-corrected chi connectivity index (χ3v) is 6.10. The molecule has 0 bridgehead atoms. The standard InChI is InChI=1S/C26H35N3O2/c1-5-17-28(6-2)19-24-8-7-18-29(24)26(31)23-15-11-21(12-16-23)20-9-13-22(14-10-20)25(30)27(3)4/h9-16,24H,5-8,17-19H2,1-4H3. The Labute approximate surface area is 186 Å². The Bertz CT molecular complexity index is 875. The molecule has 0 radical (unpaired) electrons. The number of likely N-dealkylation sites (N-methyl/N-ethyl adjacent to an activating group) is 1. The highest BCUT2D eigenvalue weighted by molar-refractivity contribution is 5.96. The highest BCUT2D eigenvalue weighted by Gasteiger charge is 2.30. The van der Waals surface area contributed by atoms with Crippen LogP contribution in [0.3, 0.4) is 0 Å². The topological polar surface area (TPSA) is 43.9 Å². The second-order valence-corrected chi connectivity index (χ2v) is 8.54. The molecule has 31 heavy (non-hydrogen) atoms. The molecule has 1 aliphatic heterocycles. The highest BCUT2D eigenvalue weighted by atomic mass is 16.2. The molecule has 0 saturated carbocycles. The van der Waals surface area contributed by atoms with E-state index in [2.05, 4.69) is 23.6 Å². The van der Waals surface area contributed by atoms with Gasteiger partial charge >= 0.3 is 0 Å². The lowest BCUT2D eigenvalue weighted by molar-refractivity contribution is 0.0701. The molecule has 2 aromatic rings. The van der Waals surface area contributed by atoms with Crippen LogP contribution in [0.2, 0.25) is 0 Å². The Morgan fingerprint density at radius 2 is 1.52 bits per heavy atom. The van der Waals surface area contributed by atoms with Crippen molar-refractivity contribution in [2.24, 2.45) is 0 Å². The molecule has 1 unspecified atom stereocenters. The summed E-state index contributed by atoms with van der Waals surface area (Å²) in [5, 5.41) is 0. The Morgan fingerprint density at radius 1 is 0.935 bits per heavy atom. The first-order chi connectivity index (χ1) is 14.9. The molecule has 1 aliphatic rings. The minimum Gasteiger partial charge on any atom is -0.345 e. The van der Waals surface area contributed by atoms with Gasteiger partial charge in [0.05, 0.1) is 0 Å². The van der Waals surface area contributed by atoms with Gasteiger partial charge in [-0.3, -0.25) is 9.59 Å². The average Bonchev–Trinajstić information content (AvgIpc) is 3.26. The van der Waals surface area contributed by atoms with Crippen LogP contribution in [-0.2, 0) is 0 Å². The summed E-state index contributed by atoms with van der Waals surface area (Å²) in [6.45, 7) is 8.32. The SMILES string of the molecule is CCCN(CC)CC1CCCN1C(=O)c1ccc(-c2ccc(C(=O)N(C)C)cc2)cc1. The van der Waals surface area contributed by atoms with Crippen molar-refractivity contribution < 1.29 is 9.59 Å². The van der Waals surface area contributed by atoms with Crippen LogP contribution in [0.1, 0.15) is 53.8 Å². The molecule has 2 amide bonds. The first kappa shape index (κ1) is 23.0. The van der Waals surface area contributed by atoms with Gasteiger partial charge in [-0.1, -0.05) is 38.1 Å². The number of carbonyl (C=O) groups excluding carboxylic acids is 2. The molecule has 0 aromatic heterocycles. The van der Waals surface area contributed by atoms with Gasteiger partial charge in [-0.15, -0.1) is 0 Å². The number of hydrogen-bond donors (Lipinski definition) is 0. The van der Waals surface area contributed by atoms with Crippen LogP contribution < -0.4 is 0 Å². The molecule has 0 spiro atoms. The first-order valence-corrected chi connectivity index (χ1v) is 11.4. The van der Waals surface area contributed by atoms with Gasteiger partial charge in [0.15, 0.2) is 0 Å². The average molecular weight is 422 g/mol. The highest BCUT2D eigenvalue weighted by Crippen LogP contribution is 2.24. The van der Waals surface area contributed by atoms with Crippen molar-refractivity contribution in [3.8, 4) is 11.1 Å². The quantitative estimate of drug-likeness (QED) is 0.635. The van der Waals surface area contributed by atoms with E-state index in [1.807, 2.05) is 48.5 Å². The number of benzene rings is 2. The Kier molecular flexibility index (Phi) is 7.85. The van der Waals surface area contributed by atoms with Crippen LogP contribution in [0.15, 0.2) is 48.5 Å². The number of nitrogens with zero attached hydrogens (tertiary/aromatic N) is 3. The molecular formula is C26H35N3O2. The predicted octanol–water partition coefficient (Wildman–Crippen LogP) is 4.39. The summed E-state index contributed by atoms with van der Waals surface area (Å²) in [6.07, 6.45) is 3.30. The van der Waals surface area contributed by atoms with Gasteiger partial charge in [0.1, 0.15) is 0 Å². The molecule has 1 heterocycles. The van der Waals surface area contributed by atoms with E-state index in [1.165, 1.54) is 0 Å². The molecule has 1 atom stereocenters. The second kappa shape index (κ2) is 10.6. The van der Waals surface area contributed by atoms with Crippen LogP contribution in [0, 0.1) is 0 Å². The van der Waals surface area contributed by atoms with E-state index in [1.54, 1.807) is 19.0 Å². The van der Waals surface area contributed by atoms with Crippen molar-refractivity contribution in [2.45, 2.75) is 39.2 Å². The number of hydrogen-bond acceptors (Lipinski definition) is 3. The van der Waals surface area contributed by atoms with Gasteiger partial charge < -0.3 is 14.7 Å². The largest absolute Gasteiger partial charge is 0.345 e. The lowest BCUT2D eigenvalue weighted by atomic mass is 10.0. The number of rotatable bonds is 8. The van der Waals surface area contributed by atoms with Crippen LogP contribution in [0.25, 0.3) is 11.1 Å². The maximum Gasteiger partial charge on any atom is 0.254 e. The zero-order valence-electron chi connectivity index (χ0n) is 19.3. The molecule has 5 heteroatoms. The summed E-state index contributed by atoms with van der Waals surface area (Å²) in [5.74, 6) is 0.127. The van der Waals surface area contributed by atoms with Crippen molar-refractivity contribution in [1.29, 1.82) is 0 Å². The lowest BCUT2D eigenvalue weighted by Crippen LogP contribution is -2.43. The van der Waals surface area contributed by atoms with E-state index >= 15 is 0 Å². The van der Waals surface area contributed by atoms with E-state index < -0.39 is 0 Å². The van der Waals surface area contributed by atoms with Gasteiger partial charge in [-0.2, -0.15) is 0 Å². The Morgan fingerprint density at radius 3 is 2.03 bits per heavy atom. The third-order valence-electron chi connectivity index (χ3n) is 6.10. The third kappa shape index (κ3) is 5.53. The maximum atomic E-state index is 13.2. The molecule has 5 nitrogen and oxygen atoms in total. The molecule has 1 saturated heterocycles. The van der Waals surface area contributed by atoms with Gasteiger partial charge in [0.25, 0.3) is 11.8 Å². The van der Waals surface area contributed by atoms with Crippen molar-refractivity contribution in [1.82, 2.24) is 14.7 Å². The Hall–Kier alpha value is -2.66. The second-order valence-electron chi connectivity index (χ2n) is 8.54. The molecule has 3 rings (SSSR count). The number of carbonyl (C=O) groups is 2. The molecule has 166 valence electrons. The monoisotopic (exact) mass is 421 g/mol. The molecule has 0 N–H and O–H groups in total. The van der Waals surface area contributed by atoms with Crippen LogP contribution in [-0.4, -0.2) is 72.8 Å². The van der Waals surface area contributed by atoms with Gasteiger partial charge in [-0.25, -0.2) is 0 Å². The van der Waals surface area contributed by atoms with E-state index in [4.69, 9.17) is 0 Å². The number of amides is 2. The fourth-order valence-corrected chi connectivity index (χ4v) is 4.32. The van der Waals surface area contributed by atoms with Crippen molar-refractivity contribution >= 4 is 11.8 Å². The summed E-state index contributed by atoms with van der Waals surface area (Å²) < 4.78 is 0. The maximum absolute atomic E-state index is 13.2. The summed E-state index contributed by atoms with van der Waals surface area (Å²) >= 11 is 0. The van der Waals surface area contributed by atoms with E-state index in [-0.39, 0.29) is 11.8 Å². The summed E-state index contributed by atoms with van der Waals surface area (Å²) in [6, 6.07) is 15.8. The van der Waals surface area contributed by atoms with Gasteiger partial charge in [0, 0.05) is 44.4 Å². The predicted molar refractivity (Wildman–Crippen MR) is 126 cm³/mol. The normalized spacial score (nSPS) is 16.0. The molecule has 2 aromatic carbocycles. The van der Waals surface area contributed by atoms with Gasteiger partial charge in [0.2, 0.25) is 0 Å². The van der Waals surface area contributed by atoms with Crippen LogP contribution >= 0.6 is 0 Å². The van der Waals surface area contributed by atoms with E-state index in [9.17, 15) is 9.59 Å². The van der Waals surface area contributed by atoms with Crippen molar-refractivity contribution in [3.63, 3.8) is 0 Å². The summed E-state index contributed by atoms with van der Waals surface area (Å²) in [7, 11) is 3.50.